The number of piperidine rings is 1. The van der Waals surface area contributed by atoms with Crippen molar-refractivity contribution < 1.29 is 0 Å². The van der Waals surface area contributed by atoms with Crippen LogP contribution in [-0.4, -0.2) is 16.0 Å². The van der Waals surface area contributed by atoms with Crippen LogP contribution in [0.4, 0.5) is 0 Å². The summed E-state index contributed by atoms with van der Waals surface area (Å²) >= 11 is 3.52. The van der Waals surface area contributed by atoms with E-state index in [-0.39, 0.29) is 0 Å². The predicted octanol–water partition coefficient (Wildman–Crippen LogP) is 4.31. The van der Waals surface area contributed by atoms with Gasteiger partial charge in [0, 0.05) is 10.5 Å². The molecule has 1 aliphatic carbocycles. The maximum Gasteiger partial charge on any atom is 0.124 e. The van der Waals surface area contributed by atoms with Crippen LogP contribution in [0, 0.1) is 5.92 Å². The van der Waals surface area contributed by atoms with E-state index in [1.54, 1.807) is 0 Å². The van der Waals surface area contributed by atoms with Crippen LogP contribution in [0.2, 0.25) is 0 Å². The zero-order valence-corrected chi connectivity index (χ0v) is 13.1. The van der Waals surface area contributed by atoms with Crippen LogP contribution in [0.5, 0.6) is 0 Å². The number of hydrogen-bond acceptors (Lipinski definition) is 2. The van der Waals surface area contributed by atoms with Crippen molar-refractivity contribution in [3.63, 3.8) is 0 Å². The maximum absolute atomic E-state index is 4.78. The largest absolute Gasteiger partial charge is 0.341 e. The molecule has 3 atom stereocenters. The quantitative estimate of drug-likeness (QED) is 0.816. The first-order chi connectivity index (χ1) is 9.79. The fraction of sp³-hybridized carbons (Fsp3) is 0.562. The Morgan fingerprint density at radius 3 is 2.95 bits per heavy atom. The molecule has 2 aliphatic rings. The SMILES string of the molecule is Brc1ccc2nc(C3CCC4CCCCC4N3)[nH]c2c1. The third-order valence-electron chi connectivity index (χ3n) is 4.94. The number of nitrogens with zero attached hydrogens (tertiary/aromatic N) is 1. The Balaban J connectivity index is 1.59. The summed E-state index contributed by atoms with van der Waals surface area (Å²) in [4.78, 5) is 8.27. The zero-order chi connectivity index (χ0) is 13.5. The zero-order valence-electron chi connectivity index (χ0n) is 11.5. The number of aromatic nitrogens is 2. The summed E-state index contributed by atoms with van der Waals surface area (Å²) in [5.41, 5.74) is 2.19. The fourth-order valence-corrected chi connectivity index (χ4v) is 4.24. The molecule has 106 valence electrons. The Bertz CT molecular complexity index is 621. The van der Waals surface area contributed by atoms with Crippen molar-refractivity contribution in [2.45, 2.75) is 50.6 Å². The van der Waals surface area contributed by atoms with Gasteiger partial charge < -0.3 is 10.3 Å². The molecule has 4 rings (SSSR count). The monoisotopic (exact) mass is 333 g/mol. The Morgan fingerprint density at radius 2 is 2.00 bits per heavy atom. The highest BCUT2D eigenvalue weighted by molar-refractivity contribution is 9.10. The van der Waals surface area contributed by atoms with E-state index in [4.69, 9.17) is 4.98 Å². The minimum Gasteiger partial charge on any atom is -0.341 e. The number of halogens is 1. The van der Waals surface area contributed by atoms with Crippen molar-refractivity contribution in [1.29, 1.82) is 0 Å². The van der Waals surface area contributed by atoms with Crippen LogP contribution >= 0.6 is 15.9 Å². The predicted molar refractivity (Wildman–Crippen MR) is 84.7 cm³/mol. The molecule has 4 heteroatoms. The molecule has 20 heavy (non-hydrogen) atoms. The van der Waals surface area contributed by atoms with Crippen LogP contribution in [0.25, 0.3) is 11.0 Å². The molecule has 2 heterocycles. The lowest BCUT2D eigenvalue weighted by Gasteiger charge is -2.39. The third-order valence-corrected chi connectivity index (χ3v) is 5.44. The first-order valence-electron chi connectivity index (χ1n) is 7.71. The van der Waals surface area contributed by atoms with Gasteiger partial charge in [0.15, 0.2) is 0 Å². The van der Waals surface area contributed by atoms with Crippen LogP contribution < -0.4 is 5.32 Å². The smallest absolute Gasteiger partial charge is 0.124 e. The molecular weight excluding hydrogens is 314 g/mol. The van der Waals surface area contributed by atoms with Crippen LogP contribution in [0.3, 0.4) is 0 Å². The van der Waals surface area contributed by atoms with Gasteiger partial charge in [0.05, 0.1) is 17.1 Å². The van der Waals surface area contributed by atoms with Gasteiger partial charge in [0.1, 0.15) is 5.82 Å². The summed E-state index contributed by atoms with van der Waals surface area (Å²) in [6, 6.07) is 7.35. The molecule has 1 aliphatic heterocycles. The Kier molecular flexibility index (Phi) is 3.31. The van der Waals surface area contributed by atoms with Crippen molar-refractivity contribution in [1.82, 2.24) is 15.3 Å². The molecule has 1 aromatic heterocycles. The lowest BCUT2D eigenvalue weighted by molar-refractivity contribution is 0.174. The number of fused-ring (bicyclic) bond motifs is 2. The Hall–Kier alpha value is -0.870. The molecule has 2 fully saturated rings. The average molecular weight is 334 g/mol. The molecule has 3 unspecified atom stereocenters. The van der Waals surface area contributed by atoms with E-state index in [1.807, 2.05) is 0 Å². The minimum atomic E-state index is 0.403. The van der Waals surface area contributed by atoms with Crippen LogP contribution in [0.15, 0.2) is 22.7 Å². The molecule has 2 N–H and O–H groups in total. The topological polar surface area (TPSA) is 40.7 Å². The first kappa shape index (κ1) is 12.8. The number of imidazole rings is 1. The number of aromatic amines is 1. The van der Waals surface area contributed by atoms with Gasteiger partial charge in [-0.2, -0.15) is 0 Å². The van der Waals surface area contributed by atoms with E-state index in [9.17, 15) is 0 Å². The van der Waals surface area contributed by atoms with Crippen molar-refractivity contribution in [3.8, 4) is 0 Å². The molecule has 1 saturated heterocycles. The highest BCUT2D eigenvalue weighted by Crippen LogP contribution is 2.36. The number of benzene rings is 1. The van der Waals surface area contributed by atoms with Gasteiger partial charge in [-0.25, -0.2) is 4.98 Å². The van der Waals surface area contributed by atoms with Gasteiger partial charge in [-0.3, -0.25) is 0 Å². The second kappa shape index (κ2) is 5.15. The van der Waals surface area contributed by atoms with Gasteiger partial charge in [0.25, 0.3) is 0 Å². The van der Waals surface area contributed by atoms with Crippen molar-refractivity contribution in [2.24, 2.45) is 5.92 Å². The van der Waals surface area contributed by atoms with E-state index < -0.39 is 0 Å². The van der Waals surface area contributed by atoms with Gasteiger partial charge in [-0.05, 0) is 49.8 Å². The van der Waals surface area contributed by atoms with Crippen molar-refractivity contribution >= 4 is 27.0 Å². The Morgan fingerprint density at radius 1 is 1.10 bits per heavy atom. The number of hydrogen-bond donors (Lipinski definition) is 2. The van der Waals surface area contributed by atoms with E-state index in [1.165, 1.54) is 38.5 Å². The van der Waals surface area contributed by atoms with Crippen LogP contribution in [0.1, 0.15) is 50.4 Å². The van der Waals surface area contributed by atoms with Gasteiger partial charge in [-0.1, -0.05) is 28.8 Å². The molecule has 0 radical (unpaired) electrons. The number of nitrogens with one attached hydrogen (secondary N) is 2. The normalized spacial score (nSPS) is 30.4. The lowest BCUT2D eigenvalue weighted by atomic mass is 9.77. The van der Waals surface area contributed by atoms with E-state index in [0.717, 1.165) is 27.2 Å². The molecular formula is C16H20BrN3. The number of rotatable bonds is 1. The van der Waals surface area contributed by atoms with Gasteiger partial charge in [-0.15, -0.1) is 0 Å². The minimum absolute atomic E-state index is 0.403. The molecule has 0 bridgehead atoms. The van der Waals surface area contributed by atoms with Crippen LogP contribution in [-0.2, 0) is 0 Å². The third kappa shape index (κ3) is 2.29. The lowest BCUT2D eigenvalue weighted by Crippen LogP contribution is -2.45. The summed E-state index contributed by atoms with van der Waals surface area (Å²) in [6.07, 6.45) is 8.12. The maximum atomic E-state index is 4.78. The molecule has 0 spiro atoms. The summed E-state index contributed by atoms with van der Waals surface area (Å²) in [6.45, 7) is 0. The molecule has 1 aromatic carbocycles. The highest BCUT2D eigenvalue weighted by atomic mass is 79.9. The van der Waals surface area contributed by atoms with E-state index in [0.29, 0.717) is 12.1 Å². The van der Waals surface area contributed by atoms with Crippen molar-refractivity contribution in [3.05, 3.63) is 28.5 Å². The molecule has 1 saturated carbocycles. The summed E-state index contributed by atoms with van der Waals surface area (Å²) in [7, 11) is 0. The molecule has 3 nitrogen and oxygen atoms in total. The molecule has 0 amide bonds. The second-order valence-electron chi connectivity index (χ2n) is 6.23. The fourth-order valence-electron chi connectivity index (χ4n) is 3.88. The van der Waals surface area contributed by atoms with Crippen molar-refractivity contribution in [2.75, 3.05) is 0 Å². The van der Waals surface area contributed by atoms with Gasteiger partial charge >= 0.3 is 0 Å². The highest BCUT2D eigenvalue weighted by Gasteiger charge is 2.33. The molecule has 2 aromatic rings. The Labute approximate surface area is 127 Å². The summed E-state index contributed by atoms with van der Waals surface area (Å²) in [5.74, 6) is 2.01. The van der Waals surface area contributed by atoms with E-state index in [2.05, 4.69) is 44.4 Å². The van der Waals surface area contributed by atoms with Gasteiger partial charge in [0.2, 0.25) is 0 Å². The number of H-pyrrole nitrogens is 1. The van der Waals surface area contributed by atoms with E-state index >= 15 is 0 Å². The first-order valence-corrected chi connectivity index (χ1v) is 8.50. The summed E-state index contributed by atoms with van der Waals surface area (Å²) < 4.78 is 1.10. The average Bonchev–Trinajstić information content (AvgIpc) is 2.89. The summed E-state index contributed by atoms with van der Waals surface area (Å²) in [5, 5.41) is 3.84. The second-order valence-corrected chi connectivity index (χ2v) is 7.15. The standard InChI is InChI=1S/C16H20BrN3/c17-11-6-8-13-15(9-11)20-16(19-13)14-7-5-10-3-1-2-4-12(10)18-14/h6,8-10,12,14,18H,1-5,7H2,(H,19,20).